The summed E-state index contributed by atoms with van der Waals surface area (Å²) in [5.41, 5.74) is -0.456. The van der Waals surface area contributed by atoms with E-state index in [-0.39, 0.29) is 16.1 Å². The first-order valence-electron chi connectivity index (χ1n) is 6.14. The minimum absolute atomic E-state index is 0.139. The molecule has 0 fully saturated rings. The molecule has 0 unspecified atom stereocenters. The van der Waals surface area contributed by atoms with Crippen molar-refractivity contribution in [1.29, 1.82) is 0 Å². The molecule has 0 aliphatic rings. The second-order valence-electron chi connectivity index (χ2n) is 4.60. The highest BCUT2D eigenvalue weighted by atomic mass is 32.1. The Morgan fingerprint density at radius 2 is 1.71 bits per heavy atom. The molecule has 108 valence electrons. The van der Waals surface area contributed by atoms with E-state index >= 15 is 0 Å². The zero-order chi connectivity index (χ0) is 15.1. The topological polar surface area (TPSA) is 12.9 Å². The Hall–Kier alpha value is -1.66. The molecule has 0 spiro atoms. The quantitative estimate of drug-likeness (QED) is 0.561. The Kier molecular flexibility index (Phi) is 3.59. The van der Waals surface area contributed by atoms with Crippen LogP contribution in [-0.2, 0) is 0 Å². The summed E-state index contributed by atoms with van der Waals surface area (Å²) in [7, 11) is 0. The van der Waals surface area contributed by atoms with Crippen LogP contribution in [0.4, 0.5) is 13.2 Å². The van der Waals surface area contributed by atoms with E-state index < -0.39 is 17.5 Å². The van der Waals surface area contributed by atoms with Crippen LogP contribution in [0.5, 0.6) is 0 Å². The summed E-state index contributed by atoms with van der Waals surface area (Å²) >= 11 is 2.81. The second-order valence-corrected chi connectivity index (χ2v) is 6.92. The van der Waals surface area contributed by atoms with Gasteiger partial charge in [-0.3, -0.25) is 0 Å². The predicted molar refractivity (Wildman–Crippen MR) is 80.2 cm³/mol. The fourth-order valence-corrected chi connectivity index (χ4v) is 3.79. The third-order valence-corrected chi connectivity index (χ3v) is 5.33. The lowest BCUT2D eigenvalue weighted by Crippen LogP contribution is -1.97. The first-order chi connectivity index (χ1) is 9.97. The van der Waals surface area contributed by atoms with Crippen molar-refractivity contribution >= 4 is 22.7 Å². The lowest BCUT2D eigenvalue weighted by molar-refractivity contribution is 0.489. The van der Waals surface area contributed by atoms with E-state index in [1.807, 2.05) is 19.1 Å². The molecule has 0 saturated heterocycles. The first kappa shape index (κ1) is 14.3. The molecule has 6 heteroatoms. The molecule has 0 radical (unpaired) electrons. The molecule has 3 rings (SSSR count). The van der Waals surface area contributed by atoms with E-state index in [4.69, 9.17) is 0 Å². The van der Waals surface area contributed by atoms with Crippen molar-refractivity contribution in [2.75, 3.05) is 0 Å². The molecule has 0 amide bonds. The number of hydrogen-bond acceptors (Lipinski definition) is 3. The van der Waals surface area contributed by atoms with E-state index in [0.29, 0.717) is 0 Å². The number of aromatic nitrogens is 1. The van der Waals surface area contributed by atoms with Crippen molar-refractivity contribution in [3.05, 3.63) is 52.3 Å². The summed E-state index contributed by atoms with van der Waals surface area (Å²) in [5.74, 6) is -2.99. The van der Waals surface area contributed by atoms with Gasteiger partial charge < -0.3 is 0 Å². The molecule has 0 aliphatic carbocycles. The summed E-state index contributed by atoms with van der Waals surface area (Å²) in [5, 5.41) is 0.270. The zero-order valence-corrected chi connectivity index (χ0v) is 12.8. The molecular formula is C15H10F3NS2. The summed E-state index contributed by atoms with van der Waals surface area (Å²) in [6, 6.07) is 4.92. The largest absolute Gasteiger partial charge is 0.244 e. The van der Waals surface area contributed by atoms with Crippen LogP contribution >= 0.6 is 22.7 Å². The maximum Gasteiger partial charge on any atom is 0.169 e. The van der Waals surface area contributed by atoms with E-state index in [1.165, 1.54) is 18.3 Å². The molecule has 3 aromatic rings. The Morgan fingerprint density at radius 1 is 0.952 bits per heavy atom. The van der Waals surface area contributed by atoms with Crippen LogP contribution in [0.3, 0.4) is 0 Å². The van der Waals surface area contributed by atoms with Gasteiger partial charge in [0.15, 0.2) is 11.6 Å². The van der Waals surface area contributed by atoms with Gasteiger partial charge in [0.2, 0.25) is 0 Å². The number of thiazole rings is 1. The molecule has 0 N–H and O–H groups in total. The number of aryl methyl sites for hydroxylation is 1. The highest BCUT2D eigenvalue weighted by Gasteiger charge is 2.19. The van der Waals surface area contributed by atoms with Gasteiger partial charge in [-0.15, -0.1) is 22.7 Å². The van der Waals surface area contributed by atoms with Crippen molar-refractivity contribution in [2.24, 2.45) is 0 Å². The van der Waals surface area contributed by atoms with Gasteiger partial charge in [0.1, 0.15) is 10.8 Å². The van der Waals surface area contributed by atoms with Crippen molar-refractivity contribution in [2.45, 2.75) is 13.8 Å². The number of halogens is 3. The Labute approximate surface area is 127 Å². The van der Waals surface area contributed by atoms with Gasteiger partial charge in [-0.25, -0.2) is 18.2 Å². The highest BCUT2D eigenvalue weighted by molar-refractivity contribution is 7.23. The summed E-state index contributed by atoms with van der Waals surface area (Å²) in [4.78, 5) is 7.10. The molecular weight excluding hydrogens is 315 g/mol. The van der Waals surface area contributed by atoms with Crippen molar-refractivity contribution in [3.8, 4) is 20.3 Å². The molecule has 21 heavy (non-hydrogen) atoms. The average Bonchev–Trinajstić information content (AvgIpc) is 3.09. The second kappa shape index (κ2) is 5.27. The van der Waals surface area contributed by atoms with Crippen LogP contribution in [0.2, 0.25) is 0 Å². The molecule has 0 aliphatic heterocycles. The van der Waals surface area contributed by atoms with Crippen LogP contribution in [0.15, 0.2) is 24.4 Å². The smallest absolute Gasteiger partial charge is 0.169 e. The van der Waals surface area contributed by atoms with E-state index in [0.717, 1.165) is 20.7 Å². The van der Waals surface area contributed by atoms with Gasteiger partial charge in [0, 0.05) is 21.5 Å². The van der Waals surface area contributed by atoms with Crippen LogP contribution in [0, 0.1) is 31.3 Å². The lowest BCUT2D eigenvalue weighted by atomic mass is 10.1. The van der Waals surface area contributed by atoms with Crippen LogP contribution in [0.25, 0.3) is 20.3 Å². The molecule has 1 nitrogen and oxygen atoms in total. The number of thiophene rings is 1. The molecule has 0 saturated carbocycles. The van der Waals surface area contributed by atoms with E-state index in [2.05, 4.69) is 4.98 Å². The van der Waals surface area contributed by atoms with Crippen LogP contribution in [0.1, 0.15) is 10.4 Å². The number of nitrogens with zero attached hydrogens (tertiary/aromatic N) is 1. The standard InChI is InChI=1S/C15H10F3NS2/c1-7-3-4-11(20-7)12-6-19-15(21-12)9-5-10(16)8(2)13(17)14(9)18/h3-6H,1-2H3. The minimum atomic E-state index is -1.16. The maximum absolute atomic E-state index is 14.0. The molecule has 2 aromatic heterocycles. The molecule has 1 aromatic carbocycles. The van der Waals surface area contributed by atoms with Gasteiger partial charge >= 0.3 is 0 Å². The third kappa shape index (κ3) is 2.49. The van der Waals surface area contributed by atoms with Gasteiger partial charge in [0.05, 0.1) is 10.4 Å². The van der Waals surface area contributed by atoms with Crippen LogP contribution < -0.4 is 0 Å². The summed E-state index contributed by atoms with van der Waals surface area (Å²) in [6.07, 6.45) is 1.60. The zero-order valence-electron chi connectivity index (χ0n) is 11.2. The van der Waals surface area contributed by atoms with Crippen molar-refractivity contribution in [3.63, 3.8) is 0 Å². The van der Waals surface area contributed by atoms with Crippen LogP contribution in [-0.4, -0.2) is 4.98 Å². The molecule has 0 bridgehead atoms. The van der Waals surface area contributed by atoms with Gasteiger partial charge in [-0.2, -0.15) is 0 Å². The fraction of sp³-hybridized carbons (Fsp3) is 0.133. The van der Waals surface area contributed by atoms with Gasteiger partial charge in [0.25, 0.3) is 0 Å². The van der Waals surface area contributed by atoms with E-state index in [9.17, 15) is 13.2 Å². The average molecular weight is 325 g/mol. The maximum atomic E-state index is 14.0. The number of rotatable bonds is 2. The first-order valence-corrected chi connectivity index (χ1v) is 7.77. The molecule has 0 atom stereocenters. The Bertz CT molecular complexity index is 820. The van der Waals surface area contributed by atoms with E-state index in [1.54, 1.807) is 17.5 Å². The number of hydrogen-bond donors (Lipinski definition) is 0. The minimum Gasteiger partial charge on any atom is -0.244 e. The number of benzene rings is 1. The summed E-state index contributed by atoms with van der Waals surface area (Å²) < 4.78 is 41.2. The molecule has 2 heterocycles. The SMILES string of the molecule is Cc1ccc(-c2cnc(-c3cc(F)c(C)c(F)c3F)s2)s1. The van der Waals surface area contributed by atoms with Crippen molar-refractivity contribution < 1.29 is 13.2 Å². The van der Waals surface area contributed by atoms with Gasteiger partial charge in [-0.1, -0.05) is 0 Å². The van der Waals surface area contributed by atoms with Gasteiger partial charge in [-0.05, 0) is 32.0 Å². The predicted octanol–water partition coefficient (Wildman–Crippen LogP) is 5.57. The highest BCUT2D eigenvalue weighted by Crippen LogP contribution is 2.37. The lowest BCUT2D eigenvalue weighted by Gasteiger charge is -2.04. The Morgan fingerprint density at radius 3 is 2.38 bits per heavy atom. The fourth-order valence-electron chi connectivity index (χ4n) is 1.92. The third-order valence-electron chi connectivity index (χ3n) is 3.11. The van der Waals surface area contributed by atoms with Crippen molar-refractivity contribution in [1.82, 2.24) is 4.98 Å². The monoisotopic (exact) mass is 325 g/mol. The summed E-state index contributed by atoms with van der Waals surface area (Å²) in [6.45, 7) is 3.19. The Balaban J connectivity index is 2.08. The normalized spacial score (nSPS) is 11.1.